The molecule has 0 aliphatic carbocycles. The van der Waals surface area contributed by atoms with Gasteiger partial charge < -0.3 is 40.3 Å². The quantitative estimate of drug-likeness (QED) is 0.0203. The van der Waals surface area contributed by atoms with Crippen LogP contribution in [0.2, 0.25) is 0 Å². The van der Waals surface area contributed by atoms with Gasteiger partial charge in [0.1, 0.15) is 24.4 Å². The zero-order valence-corrected chi connectivity index (χ0v) is 38.2. The molecule has 6 N–H and O–H groups in total. The number of rotatable bonds is 40. The largest absolute Gasteiger partial charge is 0.394 e. The fraction of sp³-hybridized carbons (Fsp3) is 0.784. The molecule has 9 heteroatoms. The van der Waals surface area contributed by atoms with Gasteiger partial charge in [0.25, 0.3) is 0 Å². The molecule has 0 aromatic carbocycles. The van der Waals surface area contributed by atoms with Crippen LogP contribution < -0.4 is 5.32 Å². The number of nitrogens with one attached hydrogen (secondary N) is 1. The molecule has 1 amide bonds. The second kappa shape index (κ2) is 40.9. The van der Waals surface area contributed by atoms with Crippen molar-refractivity contribution >= 4 is 5.91 Å². The topological polar surface area (TPSA) is 149 Å². The summed E-state index contributed by atoms with van der Waals surface area (Å²) in [5.74, 6) is -0.205. The number of amides is 1. The number of hydrogen-bond donors (Lipinski definition) is 6. The maximum absolute atomic E-state index is 13.0. The fourth-order valence-electron chi connectivity index (χ4n) is 7.35. The van der Waals surface area contributed by atoms with Crippen molar-refractivity contribution in [3.63, 3.8) is 0 Å². The fourth-order valence-corrected chi connectivity index (χ4v) is 7.35. The SMILES string of the molecule is CCCCC/C=C\C=C/CCCCCCCCC(=O)NC(COC1OC(CO)C(O)C(O)C1O)C(O)/C=C/CC/C=C/CC/C=C/CCCCCCCCCCCCCC. The van der Waals surface area contributed by atoms with Gasteiger partial charge in [-0.15, -0.1) is 0 Å². The van der Waals surface area contributed by atoms with E-state index in [2.05, 4.69) is 67.8 Å². The predicted molar refractivity (Wildman–Crippen MR) is 249 cm³/mol. The van der Waals surface area contributed by atoms with E-state index in [9.17, 15) is 30.3 Å². The Morgan fingerprint density at radius 3 is 1.53 bits per heavy atom. The standard InChI is InChI=1S/C51H91NO8/c1-3-5-7-9-11-13-15-17-19-20-21-22-23-24-25-27-28-30-32-34-36-38-40-45(54)44(43-59-51-50(58)49(57)48(56)46(42-53)60-51)52-47(55)41-39-37-35-33-31-29-26-18-16-14-12-10-8-6-4-2/h12,14,16,18,24-25,30,32,38,40,44-46,48-51,53-54,56-58H,3-11,13,15,17,19-23,26-29,31,33-37,39,41-43H2,1-2H3,(H,52,55)/b14-12-,18-16-,25-24+,32-30+,40-38+. The van der Waals surface area contributed by atoms with Crippen LogP contribution in [-0.2, 0) is 14.3 Å². The lowest BCUT2D eigenvalue weighted by molar-refractivity contribution is -0.302. The predicted octanol–water partition coefficient (Wildman–Crippen LogP) is 10.8. The van der Waals surface area contributed by atoms with Crippen LogP contribution in [0.3, 0.4) is 0 Å². The van der Waals surface area contributed by atoms with Crippen molar-refractivity contribution in [2.75, 3.05) is 13.2 Å². The number of aliphatic hydroxyl groups is 5. The minimum atomic E-state index is -1.58. The molecule has 0 bridgehead atoms. The van der Waals surface area contributed by atoms with Crippen LogP contribution in [0, 0.1) is 0 Å². The Morgan fingerprint density at radius 2 is 1.00 bits per heavy atom. The molecule has 1 heterocycles. The van der Waals surface area contributed by atoms with Gasteiger partial charge in [-0.2, -0.15) is 0 Å². The van der Waals surface area contributed by atoms with Gasteiger partial charge in [0.2, 0.25) is 5.91 Å². The molecule has 1 rings (SSSR count). The second-order valence-electron chi connectivity index (χ2n) is 16.9. The van der Waals surface area contributed by atoms with Crippen molar-refractivity contribution in [3.05, 3.63) is 60.8 Å². The average molecular weight is 846 g/mol. The van der Waals surface area contributed by atoms with Crippen molar-refractivity contribution in [3.8, 4) is 0 Å². The molecule has 0 saturated carbocycles. The summed E-state index contributed by atoms with van der Waals surface area (Å²) in [6.07, 6.45) is 47.0. The lowest BCUT2D eigenvalue weighted by Crippen LogP contribution is -2.60. The van der Waals surface area contributed by atoms with E-state index >= 15 is 0 Å². The van der Waals surface area contributed by atoms with Crippen LogP contribution in [0.25, 0.3) is 0 Å². The number of carbonyl (C=O) groups is 1. The minimum Gasteiger partial charge on any atom is -0.394 e. The van der Waals surface area contributed by atoms with E-state index in [-0.39, 0.29) is 12.5 Å². The number of hydrogen-bond acceptors (Lipinski definition) is 8. The van der Waals surface area contributed by atoms with Crippen LogP contribution in [0.4, 0.5) is 0 Å². The Balaban J connectivity index is 2.37. The molecular weight excluding hydrogens is 755 g/mol. The lowest BCUT2D eigenvalue weighted by atomic mass is 9.99. The van der Waals surface area contributed by atoms with Crippen molar-refractivity contribution in [2.45, 2.75) is 243 Å². The number of unbranched alkanes of at least 4 members (excludes halogenated alkanes) is 23. The highest BCUT2D eigenvalue weighted by Gasteiger charge is 2.44. The van der Waals surface area contributed by atoms with Gasteiger partial charge in [-0.25, -0.2) is 0 Å². The molecule has 0 aromatic heterocycles. The molecule has 0 aromatic rings. The van der Waals surface area contributed by atoms with E-state index in [4.69, 9.17) is 9.47 Å². The first-order chi connectivity index (χ1) is 29.3. The zero-order valence-electron chi connectivity index (χ0n) is 38.2. The van der Waals surface area contributed by atoms with Crippen LogP contribution >= 0.6 is 0 Å². The maximum Gasteiger partial charge on any atom is 0.220 e. The summed E-state index contributed by atoms with van der Waals surface area (Å²) in [5.41, 5.74) is 0. The van der Waals surface area contributed by atoms with Gasteiger partial charge in [-0.05, 0) is 70.6 Å². The molecule has 7 unspecified atom stereocenters. The molecule has 1 saturated heterocycles. The highest BCUT2D eigenvalue weighted by Crippen LogP contribution is 2.22. The van der Waals surface area contributed by atoms with Crippen molar-refractivity contribution < 1.29 is 39.8 Å². The summed E-state index contributed by atoms with van der Waals surface area (Å²) in [6, 6.07) is -0.836. The smallest absolute Gasteiger partial charge is 0.220 e. The number of carbonyl (C=O) groups excluding carboxylic acids is 1. The first-order valence-corrected chi connectivity index (χ1v) is 24.5. The van der Waals surface area contributed by atoms with Crippen LogP contribution in [0.15, 0.2) is 60.8 Å². The van der Waals surface area contributed by atoms with Crippen molar-refractivity contribution in [1.29, 1.82) is 0 Å². The molecule has 7 atom stereocenters. The van der Waals surface area contributed by atoms with E-state index in [1.54, 1.807) is 6.08 Å². The molecule has 0 radical (unpaired) electrons. The lowest BCUT2D eigenvalue weighted by Gasteiger charge is -2.40. The number of ether oxygens (including phenoxy) is 2. The van der Waals surface area contributed by atoms with Gasteiger partial charge in [0.15, 0.2) is 6.29 Å². The van der Waals surface area contributed by atoms with E-state index in [0.29, 0.717) is 6.42 Å². The maximum atomic E-state index is 13.0. The monoisotopic (exact) mass is 846 g/mol. The Labute approximate surface area is 366 Å². The number of aliphatic hydroxyl groups excluding tert-OH is 5. The third-order valence-electron chi connectivity index (χ3n) is 11.3. The van der Waals surface area contributed by atoms with E-state index in [1.165, 1.54) is 109 Å². The zero-order chi connectivity index (χ0) is 43.7. The minimum absolute atomic E-state index is 0.205. The Kier molecular flexibility index (Phi) is 38.1. The van der Waals surface area contributed by atoms with E-state index in [1.807, 2.05) is 6.08 Å². The molecular formula is C51H91NO8. The molecule has 1 aliphatic heterocycles. The molecule has 1 fully saturated rings. The summed E-state index contributed by atoms with van der Waals surface area (Å²) < 4.78 is 11.2. The van der Waals surface area contributed by atoms with Gasteiger partial charge in [0.05, 0.1) is 25.4 Å². The van der Waals surface area contributed by atoms with Gasteiger partial charge in [0, 0.05) is 6.42 Å². The summed E-state index contributed by atoms with van der Waals surface area (Å²) >= 11 is 0. The second-order valence-corrected chi connectivity index (χ2v) is 16.9. The van der Waals surface area contributed by atoms with Crippen LogP contribution in [0.5, 0.6) is 0 Å². The highest BCUT2D eigenvalue weighted by molar-refractivity contribution is 5.76. The highest BCUT2D eigenvalue weighted by atomic mass is 16.7. The first kappa shape index (κ1) is 55.9. The van der Waals surface area contributed by atoms with Crippen molar-refractivity contribution in [1.82, 2.24) is 5.32 Å². The summed E-state index contributed by atoms with van der Waals surface area (Å²) in [4.78, 5) is 13.0. The van der Waals surface area contributed by atoms with Gasteiger partial charge in [-0.1, -0.05) is 184 Å². The number of allylic oxidation sites excluding steroid dienone is 9. The third kappa shape index (κ3) is 30.8. The summed E-state index contributed by atoms with van der Waals surface area (Å²) in [5, 5.41) is 54.2. The molecule has 1 aliphatic rings. The summed E-state index contributed by atoms with van der Waals surface area (Å²) in [7, 11) is 0. The average Bonchev–Trinajstić information content (AvgIpc) is 3.25. The molecule has 348 valence electrons. The summed E-state index contributed by atoms with van der Waals surface area (Å²) in [6.45, 7) is 3.71. The van der Waals surface area contributed by atoms with Crippen molar-refractivity contribution in [2.24, 2.45) is 0 Å². The Bertz CT molecular complexity index is 1120. The van der Waals surface area contributed by atoms with Crippen LogP contribution in [0.1, 0.15) is 200 Å². The van der Waals surface area contributed by atoms with Gasteiger partial charge >= 0.3 is 0 Å². The van der Waals surface area contributed by atoms with E-state index in [0.717, 1.165) is 70.6 Å². The van der Waals surface area contributed by atoms with Crippen LogP contribution in [-0.4, -0.2) is 87.5 Å². The molecule has 0 spiro atoms. The van der Waals surface area contributed by atoms with E-state index < -0.39 is 49.5 Å². The van der Waals surface area contributed by atoms with Gasteiger partial charge in [-0.3, -0.25) is 4.79 Å². The Hall–Kier alpha value is -2.11. The first-order valence-electron chi connectivity index (χ1n) is 24.5. The Morgan fingerprint density at radius 1 is 0.567 bits per heavy atom. The third-order valence-corrected chi connectivity index (χ3v) is 11.3. The normalized spacial score (nSPS) is 21.1. The molecule has 60 heavy (non-hydrogen) atoms. The molecule has 9 nitrogen and oxygen atoms in total.